The van der Waals surface area contributed by atoms with E-state index in [9.17, 15) is 4.79 Å². The van der Waals surface area contributed by atoms with E-state index in [1.54, 1.807) is 6.20 Å². The number of nitrogens with zero attached hydrogens (tertiary/aromatic N) is 1. The predicted molar refractivity (Wildman–Crippen MR) is 74.2 cm³/mol. The number of carbonyl (C=O) groups is 1. The van der Waals surface area contributed by atoms with Crippen LogP contribution in [0.15, 0.2) is 48.7 Å². The van der Waals surface area contributed by atoms with Crippen LogP contribution in [0.4, 0.5) is 0 Å². The van der Waals surface area contributed by atoms with Crippen LogP contribution in [0.5, 0.6) is 0 Å². The molecule has 0 amide bonds. The van der Waals surface area contributed by atoms with Crippen LogP contribution in [0.2, 0.25) is 0 Å². The summed E-state index contributed by atoms with van der Waals surface area (Å²) in [4.78, 5) is 18.5. The molecule has 0 fully saturated rings. The summed E-state index contributed by atoms with van der Waals surface area (Å²) in [5, 5.41) is 0.997. The molecular formula is C15H11NOS. The molecule has 0 spiro atoms. The van der Waals surface area contributed by atoms with Crippen molar-refractivity contribution in [1.29, 1.82) is 0 Å². The standard InChI is InChI=1S/C15H11NOS/c1-10-6-7-14(18-10)15(17)12-8-11-4-2-3-5-13(11)16-9-12/h2-9H,1H3. The number of hydrogen-bond donors (Lipinski definition) is 0. The number of benzene rings is 1. The number of ketones is 1. The van der Waals surface area contributed by atoms with E-state index in [1.165, 1.54) is 11.3 Å². The van der Waals surface area contributed by atoms with Crippen LogP contribution in [0.3, 0.4) is 0 Å². The number of aryl methyl sites for hydroxylation is 1. The van der Waals surface area contributed by atoms with E-state index >= 15 is 0 Å². The van der Waals surface area contributed by atoms with Crippen molar-refractivity contribution in [3.63, 3.8) is 0 Å². The van der Waals surface area contributed by atoms with Gasteiger partial charge in [0.25, 0.3) is 0 Å². The lowest BCUT2D eigenvalue weighted by Gasteiger charge is -2.00. The molecule has 0 atom stereocenters. The molecule has 0 unspecified atom stereocenters. The van der Waals surface area contributed by atoms with Gasteiger partial charge in [0.15, 0.2) is 0 Å². The Bertz CT molecular complexity index is 730. The molecule has 0 saturated carbocycles. The van der Waals surface area contributed by atoms with Gasteiger partial charge in [-0.05, 0) is 31.2 Å². The third kappa shape index (κ3) is 1.93. The highest BCUT2D eigenvalue weighted by Crippen LogP contribution is 2.20. The zero-order valence-electron chi connectivity index (χ0n) is 9.88. The van der Waals surface area contributed by atoms with Crippen LogP contribution in [0.25, 0.3) is 10.9 Å². The van der Waals surface area contributed by atoms with Gasteiger partial charge in [0.05, 0.1) is 10.4 Å². The Morgan fingerprint density at radius 2 is 2.00 bits per heavy atom. The number of para-hydroxylation sites is 1. The van der Waals surface area contributed by atoms with Gasteiger partial charge in [-0.3, -0.25) is 9.78 Å². The second-order valence-corrected chi connectivity index (χ2v) is 5.44. The average Bonchev–Trinajstić information content (AvgIpc) is 2.84. The van der Waals surface area contributed by atoms with E-state index in [-0.39, 0.29) is 5.78 Å². The Morgan fingerprint density at radius 1 is 1.17 bits per heavy atom. The molecule has 3 rings (SSSR count). The van der Waals surface area contributed by atoms with Gasteiger partial charge in [0.1, 0.15) is 0 Å². The second kappa shape index (κ2) is 4.35. The molecule has 2 heterocycles. The van der Waals surface area contributed by atoms with Gasteiger partial charge in [-0.15, -0.1) is 11.3 Å². The van der Waals surface area contributed by atoms with Gasteiger partial charge in [-0.2, -0.15) is 0 Å². The van der Waals surface area contributed by atoms with Gasteiger partial charge < -0.3 is 0 Å². The number of rotatable bonds is 2. The summed E-state index contributed by atoms with van der Waals surface area (Å²) in [7, 11) is 0. The van der Waals surface area contributed by atoms with E-state index in [2.05, 4.69) is 4.98 Å². The molecular weight excluding hydrogens is 242 g/mol. The molecule has 0 saturated heterocycles. The number of pyridine rings is 1. The highest BCUT2D eigenvalue weighted by Gasteiger charge is 2.11. The fourth-order valence-corrected chi connectivity index (χ4v) is 2.72. The first-order valence-electron chi connectivity index (χ1n) is 5.70. The minimum atomic E-state index is 0.0475. The van der Waals surface area contributed by atoms with Crippen molar-refractivity contribution in [2.24, 2.45) is 0 Å². The lowest BCUT2D eigenvalue weighted by atomic mass is 10.1. The van der Waals surface area contributed by atoms with E-state index in [0.29, 0.717) is 5.56 Å². The van der Waals surface area contributed by atoms with Gasteiger partial charge in [0.2, 0.25) is 5.78 Å². The highest BCUT2D eigenvalue weighted by molar-refractivity contribution is 7.14. The minimum Gasteiger partial charge on any atom is -0.288 e. The summed E-state index contributed by atoms with van der Waals surface area (Å²) in [5.74, 6) is 0.0475. The van der Waals surface area contributed by atoms with Crippen molar-refractivity contribution in [1.82, 2.24) is 4.98 Å². The van der Waals surface area contributed by atoms with E-state index in [4.69, 9.17) is 0 Å². The van der Waals surface area contributed by atoms with Crippen LogP contribution in [0, 0.1) is 6.92 Å². The topological polar surface area (TPSA) is 30.0 Å². The maximum Gasteiger partial charge on any atom is 0.204 e. The molecule has 2 nitrogen and oxygen atoms in total. The summed E-state index contributed by atoms with van der Waals surface area (Å²) < 4.78 is 0. The maximum atomic E-state index is 12.3. The first-order chi connectivity index (χ1) is 8.74. The van der Waals surface area contributed by atoms with E-state index < -0.39 is 0 Å². The van der Waals surface area contributed by atoms with Crippen LogP contribution >= 0.6 is 11.3 Å². The third-order valence-electron chi connectivity index (χ3n) is 2.82. The summed E-state index contributed by atoms with van der Waals surface area (Å²) in [5.41, 5.74) is 1.56. The molecule has 3 heteroatoms. The molecule has 2 aromatic heterocycles. The second-order valence-electron chi connectivity index (χ2n) is 4.16. The fourth-order valence-electron chi connectivity index (χ4n) is 1.89. The van der Waals surface area contributed by atoms with Crippen molar-refractivity contribution in [2.75, 3.05) is 0 Å². The van der Waals surface area contributed by atoms with Crippen LogP contribution in [-0.2, 0) is 0 Å². The summed E-state index contributed by atoms with van der Waals surface area (Å²) in [6.07, 6.45) is 1.65. The lowest BCUT2D eigenvalue weighted by molar-refractivity contribution is 0.104. The van der Waals surface area contributed by atoms with E-state index in [0.717, 1.165) is 20.7 Å². The molecule has 0 aliphatic rings. The minimum absolute atomic E-state index is 0.0475. The molecule has 3 aromatic rings. The number of hydrogen-bond acceptors (Lipinski definition) is 3. The Balaban J connectivity index is 2.06. The van der Waals surface area contributed by atoms with E-state index in [1.807, 2.05) is 49.4 Å². The molecule has 0 radical (unpaired) electrons. The van der Waals surface area contributed by atoms with Gasteiger partial charge in [-0.1, -0.05) is 18.2 Å². The Kier molecular flexibility index (Phi) is 2.68. The number of thiophene rings is 1. The van der Waals surface area contributed by atoms with Crippen molar-refractivity contribution in [3.8, 4) is 0 Å². The first kappa shape index (κ1) is 11.1. The molecule has 88 valence electrons. The molecule has 0 aliphatic carbocycles. The quantitative estimate of drug-likeness (QED) is 0.649. The molecule has 0 bridgehead atoms. The largest absolute Gasteiger partial charge is 0.288 e. The monoisotopic (exact) mass is 253 g/mol. The summed E-state index contributed by atoms with van der Waals surface area (Å²) in [6.45, 7) is 2.00. The third-order valence-corrected chi connectivity index (χ3v) is 3.82. The first-order valence-corrected chi connectivity index (χ1v) is 6.51. The van der Waals surface area contributed by atoms with Crippen molar-refractivity contribution < 1.29 is 4.79 Å². The van der Waals surface area contributed by atoms with Crippen LogP contribution in [-0.4, -0.2) is 10.8 Å². The zero-order valence-corrected chi connectivity index (χ0v) is 10.7. The number of carbonyl (C=O) groups excluding carboxylic acids is 1. The average molecular weight is 253 g/mol. The SMILES string of the molecule is Cc1ccc(C(=O)c2cnc3ccccc3c2)s1. The molecule has 0 aliphatic heterocycles. The lowest BCUT2D eigenvalue weighted by Crippen LogP contribution is -1.99. The fraction of sp³-hybridized carbons (Fsp3) is 0.0667. The Morgan fingerprint density at radius 3 is 2.78 bits per heavy atom. The van der Waals surface area contributed by atoms with Crippen molar-refractivity contribution >= 4 is 28.0 Å². The Labute approximate surface area is 109 Å². The van der Waals surface area contributed by atoms with Crippen molar-refractivity contribution in [3.05, 3.63) is 64.0 Å². The predicted octanol–water partition coefficient (Wildman–Crippen LogP) is 3.84. The Hall–Kier alpha value is -2.00. The number of fused-ring (bicyclic) bond motifs is 1. The van der Waals surface area contributed by atoms with Gasteiger partial charge in [0, 0.05) is 22.0 Å². The van der Waals surface area contributed by atoms with Crippen LogP contribution in [0.1, 0.15) is 20.1 Å². The molecule has 0 N–H and O–H groups in total. The zero-order chi connectivity index (χ0) is 12.5. The highest BCUT2D eigenvalue weighted by atomic mass is 32.1. The number of aromatic nitrogens is 1. The summed E-state index contributed by atoms with van der Waals surface area (Å²) >= 11 is 1.52. The van der Waals surface area contributed by atoms with Crippen LogP contribution < -0.4 is 0 Å². The molecule has 1 aromatic carbocycles. The van der Waals surface area contributed by atoms with Gasteiger partial charge >= 0.3 is 0 Å². The summed E-state index contributed by atoms with van der Waals surface area (Å²) in [6, 6.07) is 13.5. The van der Waals surface area contributed by atoms with Crippen molar-refractivity contribution in [2.45, 2.75) is 6.92 Å². The normalized spacial score (nSPS) is 10.7. The smallest absolute Gasteiger partial charge is 0.204 e. The molecule has 18 heavy (non-hydrogen) atoms. The van der Waals surface area contributed by atoms with Gasteiger partial charge in [-0.25, -0.2) is 0 Å². The maximum absolute atomic E-state index is 12.3.